The molecule has 184 valence electrons. The van der Waals surface area contributed by atoms with Crippen LogP contribution in [-0.2, 0) is 13.5 Å². The van der Waals surface area contributed by atoms with E-state index in [0.717, 1.165) is 30.8 Å². The Morgan fingerprint density at radius 3 is 2.66 bits per heavy atom. The topological polar surface area (TPSA) is 82.5 Å². The molecule has 0 radical (unpaired) electrons. The molecular formula is C27H35N7O. The Bertz CT molecular complexity index is 1330. The van der Waals surface area contributed by atoms with Gasteiger partial charge in [0.05, 0.1) is 30.1 Å². The molecule has 8 nitrogen and oxygen atoms in total. The first-order valence-corrected chi connectivity index (χ1v) is 12.8. The van der Waals surface area contributed by atoms with Crippen molar-refractivity contribution in [3.8, 4) is 6.07 Å². The zero-order valence-corrected chi connectivity index (χ0v) is 21.4. The fraction of sp³-hybridized carbons (Fsp3) is 0.556. The van der Waals surface area contributed by atoms with Crippen LogP contribution in [0.5, 0.6) is 0 Å². The van der Waals surface area contributed by atoms with E-state index in [0.29, 0.717) is 23.2 Å². The Hall–Kier alpha value is -3.18. The first-order chi connectivity index (χ1) is 16.8. The van der Waals surface area contributed by atoms with Crippen molar-refractivity contribution in [1.29, 1.82) is 5.26 Å². The summed E-state index contributed by atoms with van der Waals surface area (Å²) < 4.78 is 3.38. The van der Waals surface area contributed by atoms with E-state index in [1.54, 1.807) is 16.2 Å². The Morgan fingerprint density at radius 2 is 2.03 bits per heavy atom. The molecule has 1 unspecified atom stereocenters. The quantitative estimate of drug-likeness (QED) is 0.543. The van der Waals surface area contributed by atoms with Gasteiger partial charge in [0.2, 0.25) is 0 Å². The maximum Gasteiger partial charge on any atom is 0.270 e. The Kier molecular flexibility index (Phi) is 6.14. The van der Waals surface area contributed by atoms with E-state index in [4.69, 9.17) is 9.97 Å². The van der Waals surface area contributed by atoms with Crippen molar-refractivity contribution in [2.24, 2.45) is 7.05 Å². The van der Waals surface area contributed by atoms with Gasteiger partial charge in [-0.2, -0.15) is 5.26 Å². The summed E-state index contributed by atoms with van der Waals surface area (Å²) in [6.07, 6.45) is 7.64. The molecule has 3 aromatic heterocycles. The van der Waals surface area contributed by atoms with Gasteiger partial charge < -0.3 is 4.90 Å². The highest BCUT2D eigenvalue weighted by molar-refractivity contribution is 5.73. The molecule has 0 spiro atoms. The number of nitriles is 1. The summed E-state index contributed by atoms with van der Waals surface area (Å²) in [7, 11) is 1.75. The first-order valence-electron chi connectivity index (χ1n) is 12.8. The largest absolute Gasteiger partial charge is 0.363 e. The lowest BCUT2D eigenvalue weighted by Crippen LogP contribution is -2.58. The lowest BCUT2D eigenvalue weighted by molar-refractivity contribution is 0.106. The summed E-state index contributed by atoms with van der Waals surface area (Å²) in [5.41, 5.74) is 5.48. The van der Waals surface area contributed by atoms with Crippen LogP contribution in [0.1, 0.15) is 74.5 Å². The summed E-state index contributed by atoms with van der Waals surface area (Å²) in [5.74, 6) is 0.668. The zero-order chi connectivity index (χ0) is 24.9. The molecule has 0 aromatic carbocycles. The second-order valence-corrected chi connectivity index (χ2v) is 10.3. The molecule has 1 aliphatic carbocycles. The van der Waals surface area contributed by atoms with Crippen LogP contribution in [0.2, 0.25) is 0 Å². The predicted molar refractivity (Wildman–Crippen MR) is 137 cm³/mol. The number of imidazole rings is 1. The molecule has 4 heterocycles. The Morgan fingerprint density at radius 1 is 1.26 bits per heavy atom. The van der Waals surface area contributed by atoms with Crippen LogP contribution >= 0.6 is 0 Å². The van der Waals surface area contributed by atoms with Crippen LogP contribution in [0.15, 0.2) is 29.3 Å². The maximum absolute atomic E-state index is 13.1. The van der Waals surface area contributed by atoms with Gasteiger partial charge in [-0.25, -0.2) is 14.2 Å². The number of aromatic nitrogens is 4. The Labute approximate surface area is 206 Å². The zero-order valence-electron chi connectivity index (χ0n) is 21.4. The minimum atomic E-state index is -0.0359. The summed E-state index contributed by atoms with van der Waals surface area (Å²) in [5, 5.41) is 9.18. The smallest absolute Gasteiger partial charge is 0.270 e. The predicted octanol–water partition coefficient (Wildman–Crippen LogP) is 3.73. The number of aryl methyl sites for hydroxylation is 1. The fourth-order valence-corrected chi connectivity index (χ4v) is 5.62. The number of nitrogens with zero attached hydrogens (tertiary/aromatic N) is 7. The fourth-order valence-electron chi connectivity index (χ4n) is 5.62. The highest BCUT2D eigenvalue weighted by atomic mass is 16.1. The highest BCUT2D eigenvalue weighted by Gasteiger charge is 2.36. The second kappa shape index (κ2) is 9.12. The molecule has 2 fully saturated rings. The van der Waals surface area contributed by atoms with Gasteiger partial charge in [0.15, 0.2) is 5.65 Å². The molecule has 3 atom stereocenters. The lowest BCUT2D eigenvalue weighted by atomic mass is 9.98. The second-order valence-electron chi connectivity index (χ2n) is 10.3. The molecule has 1 aliphatic heterocycles. The van der Waals surface area contributed by atoms with E-state index < -0.39 is 0 Å². The summed E-state index contributed by atoms with van der Waals surface area (Å²) in [6.45, 7) is 10.3. The van der Waals surface area contributed by atoms with Crippen LogP contribution < -0.4 is 10.5 Å². The monoisotopic (exact) mass is 473 g/mol. The van der Waals surface area contributed by atoms with Gasteiger partial charge >= 0.3 is 0 Å². The number of piperazine rings is 1. The van der Waals surface area contributed by atoms with Crippen LogP contribution in [0.25, 0.3) is 5.65 Å². The lowest BCUT2D eigenvalue weighted by Gasteiger charge is -2.49. The maximum atomic E-state index is 13.1. The van der Waals surface area contributed by atoms with Crippen LogP contribution in [0.4, 0.5) is 5.69 Å². The summed E-state index contributed by atoms with van der Waals surface area (Å²) in [4.78, 5) is 27.6. The van der Waals surface area contributed by atoms with Crippen LogP contribution in [-0.4, -0.2) is 49.2 Å². The third-order valence-electron chi connectivity index (χ3n) is 7.93. The molecule has 3 aromatic rings. The van der Waals surface area contributed by atoms with E-state index in [1.807, 2.05) is 13.1 Å². The van der Waals surface area contributed by atoms with Crippen molar-refractivity contribution in [3.05, 3.63) is 57.4 Å². The first kappa shape index (κ1) is 23.6. The van der Waals surface area contributed by atoms with Gasteiger partial charge in [-0.15, -0.1) is 0 Å². The van der Waals surface area contributed by atoms with E-state index in [-0.39, 0.29) is 24.1 Å². The minimum Gasteiger partial charge on any atom is -0.363 e. The van der Waals surface area contributed by atoms with E-state index in [9.17, 15) is 10.1 Å². The molecule has 35 heavy (non-hydrogen) atoms. The molecule has 0 N–H and O–H groups in total. The van der Waals surface area contributed by atoms with Crippen molar-refractivity contribution in [1.82, 2.24) is 24.1 Å². The normalized spacial score (nSPS) is 21.9. The molecule has 0 bridgehead atoms. The van der Waals surface area contributed by atoms with Gasteiger partial charge in [0.25, 0.3) is 5.56 Å². The van der Waals surface area contributed by atoms with E-state index in [2.05, 4.69) is 55.0 Å². The van der Waals surface area contributed by atoms with Gasteiger partial charge in [0, 0.05) is 61.6 Å². The standard InChI is InChI=1S/C27H35N7O/c1-6-23-16-32(25-18(3)27(35)31(5)34-15-22(11-12-28)30-26(25)34)17(2)14-33(23)19(4)21-9-10-24(29-13-21)20-7-8-20/h9-10,13,15,17,19-20,23H,6-8,11,14,16H2,1-5H3/t17-,19?,23+/m0/s1. The van der Waals surface area contributed by atoms with Crippen molar-refractivity contribution in [3.63, 3.8) is 0 Å². The summed E-state index contributed by atoms with van der Waals surface area (Å²) in [6, 6.07) is 7.44. The van der Waals surface area contributed by atoms with Crippen molar-refractivity contribution in [2.45, 2.75) is 77.4 Å². The molecule has 1 saturated carbocycles. The molecule has 0 amide bonds. The number of fused-ring (bicyclic) bond motifs is 1. The van der Waals surface area contributed by atoms with Crippen molar-refractivity contribution < 1.29 is 0 Å². The van der Waals surface area contributed by atoms with Crippen LogP contribution in [0.3, 0.4) is 0 Å². The highest BCUT2D eigenvalue weighted by Crippen LogP contribution is 2.39. The third kappa shape index (κ3) is 4.12. The summed E-state index contributed by atoms with van der Waals surface area (Å²) >= 11 is 0. The number of anilines is 1. The van der Waals surface area contributed by atoms with E-state index >= 15 is 0 Å². The Balaban J connectivity index is 1.47. The van der Waals surface area contributed by atoms with Crippen molar-refractivity contribution >= 4 is 11.3 Å². The van der Waals surface area contributed by atoms with Crippen LogP contribution in [0, 0.1) is 18.3 Å². The van der Waals surface area contributed by atoms with Gasteiger partial charge in [-0.3, -0.25) is 14.7 Å². The molecule has 1 saturated heterocycles. The number of pyridine rings is 1. The third-order valence-corrected chi connectivity index (χ3v) is 7.93. The molecule has 8 heteroatoms. The minimum absolute atomic E-state index is 0.0359. The number of rotatable bonds is 6. The van der Waals surface area contributed by atoms with Gasteiger partial charge in [-0.05, 0) is 51.7 Å². The number of hydrogen-bond donors (Lipinski definition) is 0. The molecule has 2 aliphatic rings. The van der Waals surface area contributed by atoms with E-state index in [1.165, 1.54) is 24.1 Å². The average molecular weight is 474 g/mol. The van der Waals surface area contributed by atoms with Gasteiger partial charge in [-0.1, -0.05) is 13.0 Å². The molecular weight excluding hydrogens is 438 g/mol. The molecule has 5 rings (SSSR count). The average Bonchev–Trinajstić information content (AvgIpc) is 3.63. The SMILES string of the molecule is CC[C@@H]1CN(c2c(C)c(=O)n(C)n3cc(CC#N)nc23)[C@@H](C)CN1C(C)c1ccc(C2CC2)nc1. The van der Waals surface area contributed by atoms with Crippen molar-refractivity contribution in [2.75, 3.05) is 18.0 Å². The van der Waals surface area contributed by atoms with Gasteiger partial charge in [0.1, 0.15) is 0 Å². The number of hydrogen-bond acceptors (Lipinski definition) is 6.